The predicted molar refractivity (Wildman–Crippen MR) is 84.9 cm³/mol. The molecule has 0 radical (unpaired) electrons. The van der Waals surface area contributed by atoms with Gasteiger partial charge in [-0.05, 0) is 44.7 Å². The first-order chi connectivity index (χ1) is 10.1. The predicted octanol–water partition coefficient (Wildman–Crippen LogP) is 4.57. The van der Waals surface area contributed by atoms with Crippen molar-refractivity contribution >= 4 is 16.7 Å². The zero-order valence-corrected chi connectivity index (χ0v) is 13.0. The van der Waals surface area contributed by atoms with Gasteiger partial charge in [-0.15, -0.1) is 0 Å². The van der Waals surface area contributed by atoms with Crippen molar-refractivity contribution < 1.29 is 9.53 Å². The molecule has 1 aliphatic carbocycles. The third-order valence-corrected chi connectivity index (χ3v) is 4.49. The van der Waals surface area contributed by atoms with Gasteiger partial charge in [0.25, 0.3) is 0 Å². The maximum atomic E-state index is 12.9. The van der Waals surface area contributed by atoms with Crippen molar-refractivity contribution in [3.05, 3.63) is 30.0 Å². The van der Waals surface area contributed by atoms with E-state index in [1.807, 2.05) is 38.2 Å². The van der Waals surface area contributed by atoms with Gasteiger partial charge in [-0.3, -0.25) is 4.79 Å². The summed E-state index contributed by atoms with van der Waals surface area (Å²) in [7, 11) is 0. The van der Waals surface area contributed by atoms with Crippen LogP contribution >= 0.6 is 0 Å². The third kappa shape index (κ3) is 2.57. The Hall–Kier alpha value is -1.77. The molecule has 2 atom stereocenters. The molecule has 2 aromatic rings. The number of aromatic amines is 1. The maximum Gasteiger partial charge on any atom is 0.168 e. The number of rotatable bonds is 4. The maximum absolute atomic E-state index is 12.9. The van der Waals surface area contributed by atoms with Crippen LogP contribution < -0.4 is 4.74 Å². The zero-order valence-electron chi connectivity index (χ0n) is 13.0. The lowest BCUT2D eigenvalue weighted by molar-refractivity contribution is 0.0898. The van der Waals surface area contributed by atoms with Crippen LogP contribution in [0.3, 0.4) is 0 Å². The lowest BCUT2D eigenvalue weighted by atomic mass is 9.89. The van der Waals surface area contributed by atoms with E-state index in [2.05, 4.69) is 11.9 Å². The number of nitrogens with one attached hydrogen (secondary N) is 1. The Labute approximate surface area is 125 Å². The molecule has 3 heteroatoms. The Kier molecular flexibility index (Phi) is 3.75. The Morgan fingerprint density at radius 2 is 2.14 bits per heavy atom. The average molecular weight is 285 g/mol. The number of ether oxygens (including phenoxy) is 1. The number of Topliss-reactive ketones (excluding diaryl/α,β-unsaturated/α-hetero) is 1. The van der Waals surface area contributed by atoms with E-state index >= 15 is 0 Å². The van der Waals surface area contributed by atoms with E-state index in [1.54, 1.807) is 0 Å². The van der Waals surface area contributed by atoms with Gasteiger partial charge < -0.3 is 9.72 Å². The van der Waals surface area contributed by atoms with Crippen molar-refractivity contribution in [3.8, 4) is 5.75 Å². The lowest BCUT2D eigenvalue weighted by Crippen LogP contribution is -2.17. The number of fused-ring (bicyclic) bond motifs is 1. The van der Waals surface area contributed by atoms with E-state index in [0.29, 0.717) is 5.92 Å². The third-order valence-electron chi connectivity index (χ3n) is 4.49. The molecule has 1 aromatic heterocycles. The second-order valence-electron chi connectivity index (χ2n) is 6.43. The average Bonchev–Trinajstić information content (AvgIpc) is 3.04. The number of H-pyrrole nitrogens is 1. The minimum atomic E-state index is 0.0962. The van der Waals surface area contributed by atoms with Crippen molar-refractivity contribution in [2.75, 3.05) is 0 Å². The monoisotopic (exact) mass is 285 g/mol. The van der Waals surface area contributed by atoms with Gasteiger partial charge in [0.1, 0.15) is 5.75 Å². The first-order valence-electron chi connectivity index (χ1n) is 7.89. The van der Waals surface area contributed by atoms with Gasteiger partial charge in [-0.25, -0.2) is 0 Å². The van der Waals surface area contributed by atoms with Gasteiger partial charge in [0.2, 0.25) is 0 Å². The summed E-state index contributed by atoms with van der Waals surface area (Å²) < 4.78 is 5.89. The number of hydrogen-bond acceptors (Lipinski definition) is 2. The molecule has 0 aliphatic heterocycles. The Morgan fingerprint density at radius 3 is 2.81 bits per heavy atom. The highest BCUT2D eigenvalue weighted by Gasteiger charge is 2.32. The molecular weight excluding hydrogens is 262 g/mol. The SMILES string of the molecule is CC(C)Oc1cccc2[nH]cc(C(=O)C3CCCC3C)c12. The molecular formula is C18H23NO2. The molecule has 1 heterocycles. The molecule has 1 saturated carbocycles. The van der Waals surface area contributed by atoms with Crippen molar-refractivity contribution in [1.29, 1.82) is 0 Å². The van der Waals surface area contributed by atoms with Gasteiger partial charge in [0, 0.05) is 23.2 Å². The van der Waals surface area contributed by atoms with Crippen LogP contribution in [-0.4, -0.2) is 16.9 Å². The first-order valence-corrected chi connectivity index (χ1v) is 7.89. The summed E-state index contributed by atoms with van der Waals surface area (Å²) in [5.41, 5.74) is 1.77. The van der Waals surface area contributed by atoms with Crippen molar-refractivity contribution in [2.24, 2.45) is 11.8 Å². The minimum Gasteiger partial charge on any atom is -0.490 e. The second-order valence-corrected chi connectivity index (χ2v) is 6.43. The van der Waals surface area contributed by atoms with Crippen LogP contribution in [-0.2, 0) is 0 Å². The number of hydrogen-bond donors (Lipinski definition) is 1. The number of benzene rings is 1. The number of ketones is 1. The van der Waals surface area contributed by atoms with Gasteiger partial charge in [-0.1, -0.05) is 19.4 Å². The van der Waals surface area contributed by atoms with Crippen LogP contribution in [0, 0.1) is 11.8 Å². The Bertz CT molecular complexity index is 656. The minimum absolute atomic E-state index is 0.0962. The first kappa shape index (κ1) is 14.2. The quantitative estimate of drug-likeness (QED) is 0.836. The summed E-state index contributed by atoms with van der Waals surface area (Å²) >= 11 is 0. The number of aromatic nitrogens is 1. The van der Waals surface area contributed by atoms with E-state index in [-0.39, 0.29) is 17.8 Å². The van der Waals surface area contributed by atoms with Gasteiger partial charge in [0.05, 0.1) is 11.5 Å². The normalized spacial score (nSPS) is 22.1. The molecule has 1 fully saturated rings. The summed E-state index contributed by atoms with van der Waals surface area (Å²) in [6.07, 6.45) is 5.29. The van der Waals surface area contributed by atoms with Crippen molar-refractivity contribution in [3.63, 3.8) is 0 Å². The largest absolute Gasteiger partial charge is 0.490 e. The van der Waals surface area contributed by atoms with Crippen LogP contribution in [0.1, 0.15) is 50.4 Å². The van der Waals surface area contributed by atoms with Crippen LogP contribution in [0.4, 0.5) is 0 Å². The Morgan fingerprint density at radius 1 is 1.33 bits per heavy atom. The molecule has 21 heavy (non-hydrogen) atoms. The van der Waals surface area contributed by atoms with Crippen LogP contribution in [0.2, 0.25) is 0 Å². The van der Waals surface area contributed by atoms with Crippen LogP contribution in [0.15, 0.2) is 24.4 Å². The molecule has 1 aromatic carbocycles. The van der Waals surface area contributed by atoms with E-state index in [0.717, 1.165) is 41.5 Å². The molecule has 2 unspecified atom stereocenters. The molecule has 0 spiro atoms. The summed E-state index contributed by atoms with van der Waals surface area (Å²) in [4.78, 5) is 16.1. The molecule has 0 amide bonds. The standard InChI is InChI=1S/C18H23NO2/c1-11(2)21-16-9-5-8-15-17(16)14(10-19-15)18(20)13-7-4-6-12(13)3/h5,8-13,19H,4,6-7H2,1-3H3. The lowest BCUT2D eigenvalue weighted by Gasteiger charge is -2.15. The van der Waals surface area contributed by atoms with Crippen LogP contribution in [0.25, 0.3) is 10.9 Å². The number of carbonyl (C=O) groups excluding carboxylic acids is 1. The molecule has 1 aliphatic rings. The topological polar surface area (TPSA) is 42.1 Å². The zero-order chi connectivity index (χ0) is 15.0. The highest BCUT2D eigenvalue weighted by molar-refractivity contribution is 6.11. The molecule has 3 nitrogen and oxygen atoms in total. The molecule has 3 rings (SSSR count). The van der Waals surface area contributed by atoms with E-state index in [9.17, 15) is 4.79 Å². The Balaban J connectivity index is 2.04. The van der Waals surface area contributed by atoms with E-state index in [4.69, 9.17) is 4.74 Å². The van der Waals surface area contributed by atoms with Gasteiger partial charge in [0.15, 0.2) is 5.78 Å². The summed E-state index contributed by atoms with van der Waals surface area (Å²) in [5, 5.41) is 0.940. The van der Waals surface area contributed by atoms with Gasteiger partial charge >= 0.3 is 0 Å². The molecule has 1 N–H and O–H groups in total. The van der Waals surface area contributed by atoms with Crippen molar-refractivity contribution in [2.45, 2.75) is 46.1 Å². The smallest absolute Gasteiger partial charge is 0.168 e. The van der Waals surface area contributed by atoms with Crippen molar-refractivity contribution in [1.82, 2.24) is 4.98 Å². The van der Waals surface area contributed by atoms with E-state index in [1.165, 1.54) is 0 Å². The second kappa shape index (κ2) is 5.55. The van der Waals surface area contributed by atoms with E-state index < -0.39 is 0 Å². The fourth-order valence-corrected chi connectivity index (χ4v) is 3.43. The summed E-state index contributed by atoms with van der Waals surface area (Å²) in [6, 6.07) is 5.91. The highest BCUT2D eigenvalue weighted by Crippen LogP contribution is 2.37. The number of carbonyl (C=O) groups is 1. The summed E-state index contributed by atoms with van der Waals surface area (Å²) in [6.45, 7) is 6.20. The highest BCUT2D eigenvalue weighted by atomic mass is 16.5. The fraction of sp³-hybridized carbons (Fsp3) is 0.500. The van der Waals surface area contributed by atoms with Crippen LogP contribution in [0.5, 0.6) is 5.75 Å². The molecule has 0 saturated heterocycles. The molecule has 112 valence electrons. The molecule has 0 bridgehead atoms. The fourth-order valence-electron chi connectivity index (χ4n) is 3.43. The van der Waals surface area contributed by atoms with Gasteiger partial charge in [-0.2, -0.15) is 0 Å². The summed E-state index contributed by atoms with van der Waals surface area (Å²) in [5.74, 6) is 1.72.